The number of nitrogens with zero attached hydrogens (tertiary/aromatic N) is 2. The number of benzene rings is 2. The first-order valence-corrected chi connectivity index (χ1v) is 10.4. The van der Waals surface area contributed by atoms with E-state index in [4.69, 9.17) is 11.6 Å². The summed E-state index contributed by atoms with van der Waals surface area (Å²) in [7, 11) is -3.53. The Balaban J connectivity index is 1.96. The predicted molar refractivity (Wildman–Crippen MR) is 106 cm³/mol. The van der Waals surface area contributed by atoms with Crippen molar-refractivity contribution < 1.29 is 23.1 Å². The van der Waals surface area contributed by atoms with Crippen LogP contribution in [0.25, 0.3) is 10.8 Å². The molecular weight excluding hydrogens is 422 g/mol. The third-order valence-corrected chi connectivity index (χ3v) is 5.44. The standard InChI is InChI=1S/C18H14ClN3O6S/c1-29(27,28)10-6-7-13(19)14(8-10)20-15(23)9-22-17(24)12-5-3-2-4-11(12)16(21-22)18(25)26/h2-8H,9H2,1H3,(H,20,23)(H,25,26). The van der Waals surface area contributed by atoms with E-state index >= 15 is 0 Å². The third-order valence-electron chi connectivity index (χ3n) is 4.00. The molecule has 0 saturated carbocycles. The fraction of sp³-hybridized carbons (Fsp3) is 0.111. The molecule has 11 heteroatoms. The van der Waals surface area contributed by atoms with Crippen LogP contribution in [0.4, 0.5) is 5.69 Å². The fourth-order valence-electron chi connectivity index (χ4n) is 2.66. The molecule has 2 aromatic carbocycles. The Hall–Kier alpha value is -3.24. The fourth-order valence-corrected chi connectivity index (χ4v) is 3.47. The van der Waals surface area contributed by atoms with Gasteiger partial charge in [-0.15, -0.1) is 0 Å². The minimum absolute atomic E-state index is 0.0342. The summed E-state index contributed by atoms with van der Waals surface area (Å²) in [5, 5.41) is 15.9. The molecule has 0 radical (unpaired) electrons. The molecule has 1 aromatic heterocycles. The number of rotatable bonds is 5. The molecule has 150 valence electrons. The maximum atomic E-state index is 12.6. The van der Waals surface area contributed by atoms with Crippen LogP contribution in [-0.2, 0) is 21.2 Å². The molecule has 1 amide bonds. The average Bonchev–Trinajstić information content (AvgIpc) is 2.64. The van der Waals surface area contributed by atoms with Crippen molar-refractivity contribution in [2.45, 2.75) is 11.4 Å². The molecular formula is C18H14ClN3O6S. The minimum atomic E-state index is -3.53. The lowest BCUT2D eigenvalue weighted by atomic mass is 10.1. The van der Waals surface area contributed by atoms with Crippen molar-refractivity contribution in [1.82, 2.24) is 9.78 Å². The van der Waals surface area contributed by atoms with Crippen LogP contribution < -0.4 is 10.9 Å². The second-order valence-electron chi connectivity index (χ2n) is 6.12. The number of aromatic nitrogens is 2. The summed E-state index contributed by atoms with van der Waals surface area (Å²) in [6.45, 7) is -0.594. The van der Waals surface area contributed by atoms with Crippen molar-refractivity contribution in [2.75, 3.05) is 11.6 Å². The largest absolute Gasteiger partial charge is 0.476 e. The molecule has 0 atom stereocenters. The van der Waals surface area contributed by atoms with Crippen LogP contribution in [0.3, 0.4) is 0 Å². The zero-order valence-corrected chi connectivity index (χ0v) is 16.5. The summed E-state index contributed by atoms with van der Waals surface area (Å²) < 4.78 is 24.1. The lowest BCUT2D eigenvalue weighted by Crippen LogP contribution is -2.31. The number of fused-ring (bicyclic) bond motifs is 1. The number of carbonyl (C=O) groups excluding carboxylic acids is 1. The lowest BCUT2D eigenvalue weighted by molar-refractivity contribution is -0.117. The molecule has 0 bridgehead atoms. The van der Waals surface area contributed by atoms with Crippen molar-refractivity contribution >= 4 is 49.8 Å². The summed E-state index contributed by atoms with van der Waals surface area (Å²) in [4.78, 5) is 36.4. The normalized spacial score (nSPS) is 11.4. The Morgan fingerprint density at radius 3 is 2.45 bits per heavy atom. The van der Waals surface area contributed by atoms with E-state index in [0.29, 0.717) is 0 Å². The highest BCUT2D eigenvalue weighted by Gasteiger charge is 2.18. The van der Waals surface area contributed by atoms with Gasteiger partial charge in [0, 0.05) is 11.6 Å². The Kier molecular flexibility index (Phi) is 5.40. The molecule has 0 unspecified atom stereocenters. The van der Waals surface area contributed by atoms with E-state index in [9.17, 15) is 27.9 Å². The number of aromatic carboxylic acids is 1. The van der Waals surface area contributed by atoms with Crippen LogP contribution in [-0.4, -0.2) is 41.4 Å². The smallest absolute Gasteiger partial charge is 0.357 e. The number of hydrogen-bond donors (Lipinski definition) is 2. The Bertz CT molecular complexity index is 1320. The van der Waals surface area contributed by atoms with Gasteiger partial charge in [0.2, 0.25) is 5.91 Å². The molecule has 0 saturated heterocycles. The topological polar surface area (TPSA) is 135 Å². The van der Waals surface area contributed by atoms with Crippen molar-refractivity contribution in [1.29, 1.82) is 0 Å². The SMILES string of the molecule is CS(=O)(=O)c1ccc(Cl)c(NC(=O)Cn2nc(C(=O)O)c3ccccc3c2=O)c1. The van der Waals surface area contributed by atoms with Gasteiger partial charge in [-0.2, -0.15) is 5.10 Å². The summed E-state index contributed by atoms with van der Waals surface area (Å²) in [5.41, 5.74) is -0.978. The first-order chi connectivity index (χ1) is 13.6. The first-order valence-electron chi connectivity index (χ1n) is 8.10. The van der Waals surface area contributed by atoms with Gasteiger partial charge in [-0.25, -0.2) is 17.9 Å². The van der Waals surface area contributed by atoms with Crippen LogP contribution >= 0.6 is 11.6 Å². The molecule has 0 aliphatic rings. The highest BCUT2D eigenvalue weighted by Crippen LogP contribution is 2.25. The predicted octanol–water partition coefficient (Wildman–Crippen LogP) is 1.79. The highest BCUT2D eigenvalue weighted by atomic mass is 35.5. The number of amides is 1. The monoisotopic (exact) mass is 435 g/mol. The van der Waals surface area contributed by atoms with Gasteiger partial charge in [0.05, 0.1) is 21.0 Å². The second kappa shape index (κ2) is 7.64. The van der Waals surface area contributed by atoms with E-state index in [1.54, 1.807) is 12.1 Å². The molecule has 0 aliphatic carbocycles. The van der Waals surface area contributed by atoms with Gasteiger partial charge in [-0.1, -0.05) is 29.8 Å². The minimum Gasteiger partial charge on any atom is -0.476 e. The summed E-state index contributed by atoms with van der Waals surface area (Å²) in [6, 6.07) is 9.83. The summed E-state index contributed by atoms with van der Waals surface area (Å²) in [6.07, 6.45) is 1.01. The van der Waals surface area contributed by atoms with Crippen molar-refractivity contribution in [3.8, 4) is 0 Å². The Labute approximate surface area is 169 Å². The van der Waals surface area contributed by atoms with Gasteiger partial charge in [-0.3, -0.25) is 9.59 Å². The molecule has 0 fully saturated rings. The Morgan fingerprint density at radius 1 is 1.17 bits per heavy atom. The number of carboxylic acid groups (broad SMARTS) is 1. The van der Waals surface area contributed by atoms with Crippen LogP contribution in [0.1, 0.15) is 10.5 Å². The lowest BCUT2D eigenvalue weighted by Gasteiger charge is -2.11. The zero-order valence-electron chi connectivity index (χ0n) is 14.9. The number of hydrogen-bond acceptors (Lipinski definition) is 6. The number of carbonyl (C=O) groups is 2. The van der Waals surface area contributed by atoms with Crippen LogP contribution in [0.5, 0.6) is 0 Å². The maximum Gasteiger partial charge on any atom is 0.357 e. The molecule has 1 heterocycles. The number of sulfone groups is 1. The highest BCUT2D eigenvalue weighted by molar-refractivity contribution is 7.90. The average molecular weight is 436 g/mol. The molecule has 0 spiro atoms. The zero-order chi connectivity index (χ0) is 21.3. The van der Waals surface area contributed by atoms with E-state index in [1.807, 2.05) is 0 Å². The van der Waals surface area contributed by atoms with E-state index < -0.39 is 33.8 Å². The number of nitrogens with one attached hydrogen (secondary N) is 1. The van der Waals surface area contributed by atoms with Gasteiger partial charge >= 0.3 is 5.97 Å². The van der Waals surface area contributed by atoms with Gasteiger partial charge in [-0.05, 0) is 24.3 Å². The third kappa shape index (κ3) is 4.28. The van der Waals surface area contributed by atoms with Gasteiger partial charge in [0.1, 0.15) is 6.54 Å². The summed E-state index contributed by atoms with van der Waals surface area (Å²) in [5.74, 6) is -2.09. The molecule has 3 rings (SSSR count). The van der Waals surface area contributed by atoms with E-state index in [-0.39, 0.29) is 32.1 Å². The molecule has 9 nitrogen and oxygen atoms in total. The van der Waals surface area contributed by atoms with Gasteiger partial charge < -0.3 is 10.4 Å². The summed E-state index contributed by atoms with van der Waals surface area (Å²) >= 11 is 6.00. The molecule has 3 aromatic rings. The van der Waals surface area contributed by atoms with E-state index in [1.165, 1.54) is 30.3 Å². The van der Waals surface area contributed by atoms with E-state index in [0.717, 1.165) is 10.9 Å². The van der Waals surface area contributed by atoms with Crippen LogP contribution in [0, 0.1) is 0 Å². The maximum absolute atomic E-state index is 12.6. The van der Waals surface area contributed by atoms with Crippen molar-refractivity contribution in [2.24, 2.45) is 0 Å². The van der Waals surface area contributed by atoms with Crippen molar-refractivity contribution in [3.05, 3.63) is 63.5 Å². The van der Waals surface area contributed by atoms with E-state index in [2.05, 4.69) is 10.4 Å². The first kappa shape index (κ1) is 20.5. The molecule has 29 heavy (non-hydrogen) atoms. The molecule has 0 aliphatic heterocycles. The van der Waals surface area contributed by atoms with Crippen LogP contribution in [0.15, 0.2) is 52.2 Å². The number of anilines is 1. The van der Waals surface area contributed by atoms with Crippen LogP contribution in [0.2, 0.25) is 5.02 Å². The van der Waals surface area contributed by atoms with Gasteiger partial charge in [0.25, 0.3) is 5.56 Å². The van der Waals surface area contributed by atoms with Gasteiger partial charge in [0.15, 0.2) is 15.5 Å². The molecule has 2 N–H and O–H groups in total. The second-order valence-corrected chi connectivity index (χ2v) is 8.55. The van der Waals surface area contributed by atoms with Crippen molar-refractivity contribution in [3.63, 3.8) is 0 Å². The quantitative estimate of drug-likeness (QED) is 0.623. The number of carboxylic acids is 1. The Morgan fingerprint density at radius 2 is 1.83 bits per heavy atom. The number of halogens is 1.